The van der Waals surface area contributed by atoms with Crippen molar-refractivity contribution >= 4 is 28.8 Å². The maximum atomic E-state index is 7.22. The lowest BCUT2D eigenvalue weighted by Crippen LogP contribution is -2.76. The maximum absolute atomic E-state index is 7.22. The Morgan fingerprint density at radius 2 is 0.848 bits per heavy atom. The molecule has 3 nitrogen and oxygen atoms in total. The number of nitrogens with zero attached hydrogens (tertiary/aromatic N) is 1. The molecule has 0 aliphatic carbocycles. The van der Waals surface area contributed by atoms with Gasteiger partial charge in [-0.2, -0.15) is 0 Å². The van der Waals surface area contributed by atoms with E-state index in [9.17, 15) is 0 Å². The van der Waals surface area contributed by atoms with Gasteiger partial charge in [-0.25, -0.2) is 4.98 Å². The molecule has 314 valence electrons. The summed E-state index contributed by atoms with van der Waals surface area (Å²) in [7, 11) is -2.92. The molecule has 0 N–H and O–H groups in total. The van der Waals surface area contributed by atoms with Crippen LogP contribution in [0.25, 0.3) is 33.6 Å². The van der Waals surface area contributed by atoms with Gasteiger partial charge in [0.1, 0.15) is 23.0 Å². The first-order valence-electron chi connectivity index (χ1n) is 22.7. The first kappa shape index (κ1) is 39.5. The molecule has 1 aromatic heterocycles. The van der Waals surface area contributed by atoms with Crippen LogP contribution in [0.5, 0.6) is 23.0 Å². The average molecular weight is 864 g/mol. The van der Waals surface area contributed by atoms with Gasteiger partial charge in [0.15, 0.2) is 8.07 Å². The Bertz CT molecular complexity index is 3140. The molecule has 0 saturated carbocycles. The van der Waals surface area contributed by atoms with Crippen molar-refractivity contribution in [2.45, 2.75) is 19.3 Å². The van der Waals surface area contributed by atoms with Gasteiger partial charge in [0.25, 0.3) is 0 Å². The van der Waals surface area contributed by atoms with Crippen LogP contribution < -0.4 is 30.2 Å². The van der Waals surface area contributed by atoms with Crippen molar-refractivity contribution < 1.29 is 9.47 Å². The third-order valence-electron chi connectivity index (χ3n) is 13.8. The van der Waals surface area contributed by atoms with E-state index < -0.39 is 13.5 Å². The second-order valence-corrected chi connectivity index (χ2v) is 21.2. The molecule has 12 rings (SSSR count). The fraction of sp³-hybridized carbons (Fsp3) is 0.0484. The lowest BCUT2D eigenvalue weighted by Gasteiger charge is -2.42. The fourth-order valence-corrected chi connectivity index (χ4v) is 16.1. The van der Waals surface area contributed by atoms with E-state index in [4.69, 9.17) is 14.5 Å². The number of benzene rings is 9. The quantitative estimate of drug-likeness (QED) is 0.150. The normalized spacial score (nSPS) is 13.8. The highest BCUT2D eigenvalue weighted by atomic mass is 28.3. The number of para-hydroxylation sites is 4. The van der Waals surface area contributed by atoms with Gasteiger partial charge in [-0.3, -0.25) is 0 Å². The number of aromatic nitrogens is 1. The van der Waals surface area contributed by atoms with Crippen molar-refractivity contribution in [3.8, 4) is 56.6 Å². The summed E-state index contributed by atoms with van der Waals surface area (Å²) in [5.41, 5.74) is 12.0. The Morgan fingerprint density at radius 1 is 0.394 bits per heavy atom. The monoisotopic (exact) mass is 863 g/mol. The summed E-state index contributed by atoms with van der Waals surface area (Å²) in [4.78, 5) is 5.73. The van der Waals surface area contributed by atoms with E-state index in [2.05, 4.69) is 250 Å². The zero-order valence-electron chi connectivity index (χ0n) is 36.8. The lowest BCUT2D eigenvalue weighted by molar-refractivity contribution is 0.436. The van der Waals surface area contributed by atoms with E-state index >= 15 is 0 Å². The van der Waals surface area contributed by atoms with Crippen molar-refractivity contribution in [1.29, 1.82) is 0 Å². The molecule has 0 bridgehead atoms. The van der Waals surface area contributed by atoms with Crippen LogP contribution in [0, 0.1) is 13.8 Å². The fourth-order valence-electron chi connectivity index (χ4n) is 11.1. The van der Waals surface area contributed by atoms with Crippen LogP contribution in [-0.2, 0) is 5.41 Å². The van der Waals surface area contributed by atoms with Crippen LogP contribution in [-0.4, -0.2) is 13.1 Å². The molecule has 0 radical (unpaired) electrons. The van der Waals surface area contributed by atoms with E-state index in [1.54, 1.807) is 0 Å². The Balaban J connectivity index is 1.15. The second-order valence-electron chi connectivity index (χ2n) is 17.4. The predicted octanol–water partition coefficient (Wildman–Crippen LogP) is 12.7. The SMILES string of the molecule is Cc1cccc(C)c1-c1cc(-c2cccc3c2Oc2ccccc2C3(c2ccccc2)c2ccccc2)nc(-c2cccc3c2Oc2ccccc2[Si]3(c2ccccc2)c2ccccc2)c1. The third-order valence-corrected chi connectivity index (χ3v) is 18.6. The summed E-state index contributed by atoms with van der Waals surface area (Å²) in [6, 6.07) is 85.3. The molecule has 0 fully saturated rings. The van der Waals surface area contributed by atoms with E-state index in [0.29, 0.717) is 0 Å². The Hall–Kier alpha value is -8.05. The van der Waals surface area contributed by atoms with Crippen LogP contribution in [0.2, 0.25) is 0 Å². The van der Waals surface area contributed by atoms with E-state index in [1.165, 1.54) is 48.6 Å². The highest BCUT2D eigenvalue weighted by Crippen LogP contribution is 2.57. The zero-order chi connectivity index (χ0) is 44.2. The van der Waals surface area contributed by atoms with Gasteiger partial charge in [-0.15, -0.1) is 0 Å². The molecule has 9 aromatic carbocycles. The summed E-state index contributed by atoms with van der Waals surface area (Å²) in [6.45, 7) is 4.40. The molecular weight excluding hydrogens is 819 g/mol. The van der Waals surface area contributed by atoms with Gasteiger partial charge in [0.05, 0.1) is 16.8 Å². The second kappa shape index (κ2) is 15.9. The summed E-state index contributed by atoms with van der Waals surface area (Å²) in [5.74, 6) is 3.34. The standard InChI is InChI=1S/C62H45NO2Si/c1-42-22-19-23-43(2)59(42)44-40-53(49-32-20-35-52-60(49)64-55-36-16-15-34-51(55)62(52,45-24-7-3-8-25-45)46-26-9-4-10-27-46)63-54(41-44)50-33-21-39-58-61(50)65-56-37-17-18-38-57(56)66(58,47-28-11-5-12-29-47)48-30-13-6-14-31-48/h3-41H,1-2H3. The van der Waals surface area contributed by atoms with Gasteiger partial charge in [0.2, 0.25) is 0 Å². The van der Waals surface area contributed by atoms with Crippen LogP contribution in [0.15, 0.2) is 237 Å². The summed E-state index contributed by atoms with van der Waals surface area (Å²) in [6.07, 6.45) is 0. The minimum atomic E-state index is -2.92. The largest absolute Gasteiger partial charge is 0.457 e. The van der Waals surface area contributed by atoms with Crippen molar-refractivity contribution in [2.24, 2.45) is 0 Å². The number of ether oxygens (including phenoxy) is 2. The molecule has 66 heavy (non-hydrogen) atoms. The van der Waals surface area contributed by atoms with Crippen molar-refractivity contribution in [1.82, 2.24) is 4.98 Å². The third kappa shape index (κ3) is 5.99. The van der Waals surface area contributed by atoms with Crippen molar-refractivity contribution in [3.05, 3.63) is 270 Å². The van der Waals surface area contributed by atoms with E-state index in [0.717, 1.165) is 62.2 Å². The lowest BCUT2D eigenvalue weighted by atomic mass is 9.63. The first-order valence-corrected chi connectivity index (χ1v) is 24.7. The van der Waals surface area contributed by atoms with Gasteiger partial charge in [0, 0.05) is 22.3 Å². The summed E-state index contributed by atoms with van der Waals surface area (Å²) < 4.78 is 14.4. The molecule has 0 amide bonds. The molecule has 3 heterocycles. The van der Waals surface area contributed by atoms with Gasteiger partial charge >= 0.3 is 0 Å². The minimum absolute atomic E-state index is 0.668. The summed E-state index contributed by atoms with van der Waals surface area (Å²) in [5, 5.41) is 5.04. The number of rotatable bonds is 7. The van der Waals surface area contributed by atoms with Crippen molar-refractivity contribution in [3.63, 3.8) is 0 Å². The zero-order valence-corrected chi connectivity index (χ0v) is 37.8. The average Bonchev–Trinajstić information content (AvgIpc) is 3.38. The number of hydrogen-bond donors (Lipinski definition) is 0. The molecule has 2 aliphatic heterocycles. The highest BCUT2D eigenvalue weighted by Gasteiger charge is 2.49. The van der Waals surface area contributed by atoms with Crippen LogP contribution in [0.1, 0.15) is 33.4 Å². The number of hydrogen-bond acceptors (Lipinski definition) is 3. The predicted molar refractivity (Wildman–Crippen MR) is 272 cm³/mol. The number of aryl methyl sites for hydroxylation is 2. The van der Waals surface area contributed by atoms with Crippen LogP contribution >= 0.6 is 0 Å². The van der Waals surface area contributed by atoms with Crippen LogP contribution in [0.3, 0.4) is 0 Å². The smallest absolute Gasteiger partial charge is 0.188 e. The number of pyridine rings is 1. The number of fused-ring (bicyclic) bond motifs is 4. The molecule has 0 spiro atoms. The first-order chi connectivity index (χ1) is 32.6. The Kier molecular flexibility index (Phi) is 9.51. The van der Waals surface area contributed by atoms with E-state index in [1.807, 2.05) is 0 Å². The van der Waals surface area contributed by atoms with Crippen molar-refractivity contribution in [2.75, 3.05) is 0 Å². The minimum Gasteiger partial charge on any atom is -0.457 e. The van der Waals surface area contributed by atoms with Gasteiger partial charge < -0.3 is 9.47 Å². The summed E-state index contributed by atoms with van der Waals surface area (Å²) >= 11 is 0. The van der Waals surface area contributed by atoms with Gasteiger partial charge in [-0.05, 0) is 104 Å². The van der Waals surface area contributed by atoms with Gasteiger partial charge in [-0.1, -0.05) is 200 Å². The molecule has 4 heteroatoms. The molecule has 0 atom stereocenters. The molecule has 10 aromatic rings. The maximum Gasteiger partial charge on any atom is 0.188 e. The molecular formula is C62H45NO2Si. The molecule has 0 unspecified atom stereocenters. The van der Waals surface area contributed by atoms with Crippen LogP contribution in [0.4, 0.5) is 0 Å². The Labute approximate surface area is 387 Å². The molecule has 0 saturated heterocycles. The highest BCUT2D eigenvalue weighted by molar-refractivity contribution is 7.20. The van der Waals surface area contributed by atoms with E-state index in [-0.39, 0.29) is 0 Å². The topological polar surface area (TPSA) is 31.4 Å². The molecule has 2 aliphatic rings. The Morgan fingerprint density at radius 3 is 1.47 bits per heavy atom.